The second-order valence-corrected chi connectivity index (χ2v) is 7.95. The van der Waals surface area contributed by atoms with Crippen molar-refractivity contribution in [2.45, 2.75) is 39.2 Å². The SMILES string of the molecule is Cc1nc(N)c2[nH]c(=O)n(Cc3ccc(Oc4ccc(CCC5CC5)nc4)nc3)c2n1. The number of nitrogen functional groups attached to an aromatic ring is 1. The van der Waals surface area contributed by atoms with Crippen LogP contribution in [0.25, 0.3) is 11.2 Å². The predicted octanol–water partition coefficient (Wildman–Crippen LogP) is 2.98. The van der Waals surface area contributed by atoms with Crippen LogP contribution >= 0.6 is 0 Å². The first kappa shape index (κ1) is 19.2. The molecule has 0 aromatic carbocycles. The average Bonchev–Trinajstić information content (AvgIpc) is 3.54. The number of H-pyrrole nitrogens is 1. The Bertz CT molecular complexity index is 1270. The lowest BCUT2D eigenvalue weighted by Crippen LogP contribution is -2.18. The van der Waals surface area contributed by atoms with Crippen LogP contribution in [0.5, 0.6) is 11.6 Å². The summed E-state index contributed by atoms with van der Waals surface area (Å²) in [6.07, 6.45) is 8.36. The van der Waals surface area contributed by atoms with Gasteiger partial charge in [-0.1, -0.05) is 18.9 Å². The van der Waals surface area contributed by atoms with Crippen molar-refractivity contribution < 1.29 is 4.74 Å². The Morgan fingerprint density at radius 3 is 2.74 bits per heavy atom. The van der Waals surface area contributed by atoms with E-state index < -0.39 is 0 Å². The number of aryl methyl sites for hydroxylation is 2. The van der Waals surface area contributed by atoms with E-state index in [0.29, 0.717) is 35.2 Å². The first-order chi connectivity index (χ1) is 15.0. The number of hydrogen-bond donors (Lipinski definition) is 2. The van der Waals surface area contributed by atoms with Gasteiger partial charge in [-0.3, -0.25) is 9.55 Å². The van der Waals surface area contributed by atoms with E-state index in [1.165, 1.54) is 23.8 Å². The summed E-state index contributed by atoms with van der Waals surface area (Å²) in [5, 5.41) is 0. The van der Waals surface area contributed by atoms with Crippen molar-refractivity contribution in [3.8, 4) is 11.6 Å². The number of nitrogens with zero attached hydrogens (tertiary/aromatic N) is 5. The molecule has 4 heterocycles. The number of ether oxygens (including phenoxy) is 1. The van der Waals surface area contributed by atoms with Crippen LogP contribution in [0.1, 0.15) is 36.3 Å². The van der Waals surface area contributed by atoms with Gasteiger partial charge in [-0.15, -0.1) is 0 Å². The van der Waals surface area contributed by atoms with Crippen molar-refractivity contribution in [2.24, 2.45) is 5.92 Å². The Kier molecular flexibility index (Phi) is 4.85. The summed E-state index contributed by atoms with van der Waals surface area (Å²) in [5.74, 6) is 2.77. The number of aromatic amines is 1. The molecule has 4 aromatic heterocycles. The van der Waals surface area contributed by atoms with Gasteiger partial charge in [-0.2, -0.15) is 0 Å². The van der Waals surface area contributed by atoms with Crippen molar-refractivity contribution in [3.63, 3.8) is 0 Å². The van der Waals surface area contributed by atoms with E-state index in [1.807, 2.05) is 18.2 Å². The summed E-state index contributed by atoms with van der Waals surface area (Å²) in [5.41, 5.74) is 8.44. The molecule has 3 N–H and O–H groups in total. The van der Waals surface area contributed by atoms with Crippen molar-refractivity contribution in [1.29, 1.82) is 0 Å². The first-order valence-electron chi connectivity index (χ1n) is 10.4. The third kappa shape index (κ3) is 4.25. The molecule has 0 spiro atoms. The fraction of sp³-hybridized carbons (Fsp3) is 0.318. The number of rotatable bonds is 7. The molecular weight excluding hydrogens is 394 g/mol. The van der Waals surface area contributed by atoms with E-state index in [4.69, 9.17) is 10.5 Å². The lowest BCUT2D eigenvalue weighted by atomic mass is 10.1. The van der Waals surface area contributed by atoms with Gasteiger partial charge in [-0.05, 0) is 43.4 Å². The van der Waals surface area contributed by atoms with Gasteiger partial charge in [0.05, 0.1) is 12.7 Å². The monoisotopic (exact) mass is 417 g/mol. The van der Waals surface area contributed by atoms with Crippen LogP contribution in [0, 0.1) is 12.8 Å². The highest BCUT2D eigenvalue weighted by atomic mass is 16.5. The molecule has 9 heteroatoms. The normalized spacial score (nSPS) is 13.6. The van der Waals surface area contributed by atoms with Crippen LogP contribution in [0.15, 0.2) is 41.5 Å². The van der Waals surface area contributed by atoms with E-state index in [0.717, 1.165) is 23.6 Å². The average molecular weight is 417 g/mol. The maximum absolute atomic E-state index is 12.4. The maximum Gasteiger partial charge on any atom is 0.328 e. The molecular formula is C22H23N7O2. The molecule has 0 bridgehead atoms. The van der Waals surface area contributed by atoms with Gasteiger partial charge in [0.1, 0.15) is 17.1 Å². The molecule has 1 aliphatic rings. The van der Waals surface area contributed by atoms with E-state index in [2.05, 4.69) is 24.9 Å². The highest BCUT2D eigenvalue weighted by Crippen LogP contribution is 2.33. The summed E-state index contributed by atoms with van der Waals surface area (Å²) in [6, 6.07) is 7.56. The molecule has 0 saturated heterocycles. The Balaban J connectivity index is 1.28. The van der Waals surface area contributed by atoms with E-state index in [1.54, 1.807) is 25.4 Å². The molecule has 0 unspecified atom stereocenters. The van der Waals surface area contributed by atoms with Gasteiger partial charge in [0.25, 0.3) is 0 Å². The molecule has 5 rings (SSSR count). The first-order valence-corrected chi connectivity index (χ1v) is 10.4. The lowest BCUT2D eigenvalue weighted by molar-refractivity contribution is 0.459. The molecule has 1 fully saturated rings. The maximum atomic E-state index is 12.4. The number of aromatic nitrogens is 6. The molecule has 1 saturated carbocycles. The quantitative estimate of drug-likeness (QED) is 0.473. The number of imidazole rings is 1. The zero-order valence-corrected chi connectivity index (χ0v) is 17.2. The van der Waals surface area contributed by atoms with Crippen LogP contribution in [0.4, 0.5) is 5.82 Å². The van der Waals surface area contributed by atoms with Crippen LogP contribution < -0.4 is 16.2 Å². The zero-order chi connectivity index (χ0) is 21.4. The van der Waals surface area contributed by atoms with Gasteiger partial charge >= 0.3 is 5.69 Å². The standard InChI is InChI=1S/C22H23N7O2/c1-13-26-20(23)19-21(27-13)29(22(30)28-19)12-15-5-9-18(25-10-15)31-17-8-7-16(24-11-17)6-4-14-2-3-14/h5,7-11,14H,2-4,6,12H2,1H3,(H,28,30)(H2,23,26,27). The summed E-state index contributed by atoms with van der Waals surface area (Å²) in [7, 11) is 0. The van der Waals surface area contributed by atoms with Crippen LogP contribution in [-0.4, -0.2) is 29.5 Å². The Hall–Kier alpha value is -3.75. The van der Waals surface area contributed by atoms with Crippen molar-refractivity contribution in [1.82, 2.24) is 29.5 Å². The minimum absolute atomic E-state index is 0.257. The molecule has 0 radical (unpaired) electrons. The number of nitrogens with one attached hydrogen (secondary N) is 1. The highest BCUT2D eigenvalue weighted by molar-refractivity contribution is 5.81. The van der Waals surface area contributed by atoms with E-state index in [9.17, 15) is 4.79 Å². The third-order valence-electron chi connectivity index (χ3n) is 5.43. The molecule has 0 aliphatic heterocycles. The Morgan fingerprint density at radius 1 is 1.16 bits per heavy atom. The number of nitrogens with two attached hydrogens (primary N) is 1. The van der Waals surface area contributed by atoms with Crippen molar-refractivity contribution >= 4 is 17.0 Å². The molecule has 31 heavy (non-hydrogen) atoms. The van der Waals surface area contributed by atoms with Crippen LogP contribution in [0.2, 0.25) is 0 Å². The van der Waals surface area contributed by atoms with Crippen LogP contribution in [-0.2, 0) is 13.0 Å². The second kappa shape index (κ2) is 7.82. The largest absolute Gasteiger partial charge is 0.437 e. The summed E-state index contributed by atoms with van der Waals surface area (Å²) < 4.78 is 7.32. The predicted molar refractivity (Wildman–Crippen MR) is 116 cm³/mol. The van der Waals surface area contributed by atoms with Gasteiger partial charge in [0, 0.05) is 18.0 Å². The molecule has 9 nitrogen and oxygen atoms in total. The molecule has 4 aromatic rings. The molecule has 158 valence electrons. The number of hydrogen-bond acceptors (Lipinski definition) is 7. The summed E-state index contributed by atoms with van der Waals surface area (Å²) in [4.78, 5) is 32.3. The van der Waals surface area contributed by atoms with Crippen molar-refractivity contribution in [3.05, 3.63) is 64.2 Å². The smallest absolute Gasteiger partial charge is 0.328 e. The van der Waals surface area contributed by atoms with E-state index in [-0.39, 0.29) is 11.5 Å². The Labute approximate surface area is 178 Å². The fourth-order valence-electron chi connectivity index (χ4n) is 3.56. The summed E-state index contributed by atoms with van der Waals surface area (Å²) in [6.45, 7) is 2.04. The molecule has 0 amide bonds. The van der Waals surface area contributed by atoms with Gasteiger partial charge in [0.2, 0.25) is 5.88 Å². The lowest BCUT2D eigenvalue weighted by Gasteiger charge is -2.07. The highest BCUT2D eigenvalue weighted by Gasteiger charge is 2.20. The Morgan fingerprint density at radius 2 is 2.03 bits per heavy atom. The van der Waals surface area contributed by atoms with Gasteiger partial charge in [-0.25, -0.2) is 19.7 Å². The number of anilines is 1. The molecule has 0 atom stereocenters. The van der Waals surface area contributed by atoms with E-state index >= 15 is 0 Å². The zero-order valence-electron chi connectivity index (χ0n) is 17.2. The molecule has 1 aliphatic carbocycles. The third-order valence-corrected chi connectivity index (χ3v) is 5.43. The minimum atomic E-state index is -0.297. The fourth-order valence-corrected chi connectivity index (χ4v) is 3.56. The van der Waals surface area contributed by atoms with Crippen LogP contribution in [0.3, 0.4) is 0 Å². The second-order valence-electron chi connectivity index (χ2n) is 7.95. The van der Waals surface area contributed by atoms with Gasteiger partial charge in [0.15, 0.2) is 11.5 Å². The topological polar surface area (TPSA) is 125 Å². The minimum Gasteiger partial charge on any atom is -0.437 e. The number of fused-ring (bicyclic) bond motifs is 1. The van der Waals surface area contributed by atoms with Gasteiger partial charge < -0.3 is 15.5 Å². The van der Waals surface area contributed by atoms with Crippen molar-refractivity contribution in [2.75, 3.05) is 5.73 Å². The number of pyridine rings is 2. The summed E-state index contributed by atoms with van der Waals surface area (Å²) >= 11 is 0.